The first kappa shape index (κ1) is 20.2. The van der Waals surface area contributed by atoms with Gasteiger partial charge in [-0.15, -0.1) is 0 Å². The van der Waals surface area contributed by atoms with Gasteiger partial charge in [-0.1, -0.05) is 6.07 Å². The van der Waals surface area contributed by atoms with E-state index in [2.05, 4.69) is 0 Å². The number of hydrogen-bond donors (Lipinski definition) is 1. The highest BCUT2D eigenvalue weighted by Crippen LogP contribution is 2.40. The second kappa shape index (κ2) is 6.59. The third kappa shape index (κ3) is 5.09. The number of halogens is 6. The first-order valence-electron chi connectivity index (χ1n) is 6.07. The summed E-state index contributed by atoms with van der Waals surface area (Å²) in [5.41, 5.74) is -4.49. The van der Waals surface area contributed by atoms with Crippen LogP contribution < -0.4 is 0 Å². The molecular weight excluding hydrogens is 368 g/mol. The van der Waals surface area contributed by atoms with Crippen LogP contribution in [0.25, 0.3) is 0 Å². The zero-order chi connectivity index (χ0) is 18.9. The van der Waals surface area contributed by atoms with Gasteiger partial charge in [0, 0.05) is 7.05 Å². The fourth-order valence-corrected chi connectivity index (χ4v) is 2.90. The average Bonchev–Trinajstić information content (AvgIpc) is 2.34. The maximum atomic E-state index is 12.8. The molecule has 0 heterocycles. The first-order chi connectivity index (χ1) is 10.6. The summed E-state index contributed by atoms with van der Waals surface area (Å²) in [4.78, 5) is 10.5. The predicted molar refractivity (Wildman–Crippen MR) is 69.3 cm³/mol. The molecule has 0 spiro atoms. The number of sulfonamides is 1. The van der Waals surface area contributed by atoms with E-state index >= 15 is 0 Å². The van der Waals surface area contributed by atoms with Gasteiger partial charge in [-0.2, -0.15) is 30.6 Å². The van der Waals surface area contributed by atoms with Crippen molar-refractivity contribution >= 4 is 16.0 Å². The molecule has 0 saturated heterocycles. The highest BCUT2D eigenvalue weighted by molar-refractivity contribution is 7.88. The van der Waals surface area contributed by atoms with Gasteiger partial charge in [0.25, 0.3) is 0 Å². The molecule has 0 aliphatic heterocycles. The van der Waals surface area contributed by atoms with Crippen molar-refractivity contribution in [2.75, 3.05) is 13.6 Å². The molecule has 0 unspecified atom stereocenters. The van der Waals surface area contributed by atoms with Crippen LogP contribution in [0.2, 0.25) is 0 Å². The number of carbonyl (C=O) groups is 1. The molecule has 136 valence electrons. The Bertz CT molecular complexity index is 726. The van der Waals surface area contributed by atoms with Gasteiger partial charge in [-0.3, -0.25) is 4.79 Å². The first-order valence-corrected chi connectivity index (χ1v) is 7.68. The lowest BCUT2D eigenvalue weighted by Crippen LogP contribution is -2.33. The summed E-state index contributed by atoms with van der Waals surface area (Å²) in [6.07, 6.45) is -10.6. The molecule has 12 heteroatoms. The van der Waals surface area contributed by atoms with E-state index in [1.54, 1.807) is 0 Å². The van der Waals surface area contributed by atoms with Gasteiger partial charge in [0.15, 0.2) is 0 Å². The third-order valence-electron chi connectivity index (χ3n) is 2.88. The lowest BCUT2D eigenvalue weighted by molar-refractivity contribution is -0.162. The molecule has 1 rings (SSSR count). The van der Waals surface area contributed by atoms with Crippen LogP contribution in [0.1, 0.15) is 16.7 Å². The molecule has 0 fully saturated rings. The van der Waals surface area contributed by atoms with Crippen LogP contribution in [-0.2, 0) is 32.9 Å². The number of hydrogen-bond acceptors (Lipinski definition) is 3. The lowest BCUT2D eigenvalue weighted by atomic mass is 10.0. The van der Waals surface area contributed by atoms with E-state index in [1.807, 2.05) is 0 Å². The van der Waals surface area contributed by atoms with Crippen LogP contribution in [0.5, 0.6) is 0 Å². The van der Waals surface area contributed by atoms with Gasteiger partial charge in [0.1, 0.15) is 6.54 Å². The molecule has 0 aliphatic carbocycles. The van der Waals surface area contributed by atoms with E-state index in [1.165, 1.54) is 0 Å². The van der Waals surface area contributed by atoms with Crippen molar-refractivity contribution in [2.24, 2.45) is 0 Å². The molecular formula is C12H11F6NO4S. The monoisotopic (exact) mass is 379 g/mol. The minimum Gasteiger partial charge on any atom is -0.480 e. The summed E-state index contributed by atoms with van der Waals surface area (Å²) in [5, 5.41) is 8.51. The number of alkyl halides is 6. The molecule has 1 aromatic rings. The highest BCUT2D eigenvalue weighted by atomic mass is 32.2. The Kier molecular flexibility index (Phi) is 5.55. The van der Waals surface area contributed by atoms with Crippen LogP contribution in [0.15, 0.2) is 18.2 Å². The molecule has 0 aliphatic rings. The van der Waals surface area contributed by atoms with Crippen molar-refractivity contribution in [3.63, 3.8) is 0 Å². The summed E-state index contributed by atoms with van der Waals surface area (Å²) in [7, 11) is -3.43. The van der Waals surface area contributed by atoms with Crippen LogP contribution in [-0.4, -0.2) is 37.4 Å². The fourth-order valence-electron chi connectivity index (χ4n) is 1.77. The highest BCUT2D eigenvalue weighted by Gasteiger charge is 2.43. The van der Waals surface area contributed by atoms with E-state index in [0.29, 0.717) is 10.4 Å². The zero-order valence-corrected chi connectivity index (χ0v) is 12.8. The van der Waals surface area contributed by atoms with Gasteiger partial charge < -0.3 is 5.11 Å². The Hall–Kier alpha value is -1.82. The van der Waals surface area contributed by atoms with Gasteiger partial charge in [-0.05, 0) is 17.7 Å². The third-order valence-corrected chi connectivity index (χ3v) is 4.65. The maximum absolute atomic E-state index is 12.8. The second-order valence-electron chi connectivity index (χ2n) is 4.78. The number of nitrogens with zero attached hydrogens (tertiary/aromatic N) is 1. The van der Waals surface area contributed by atoms with Gasteiger partial charge in [-0.25, -0.2) is 8.42 Å². The molecule has 0 bridgehead atoms. The van der Waals surface area contributed by atoms with Crippen LogP contribution >= 0.6 is 0 Å². The second-order valence-corrected chi connectivity index (χ2v) is 6.86. The minimum atomic E-state index is -5.34. The van der Waals surface area contributed by atoms with Crippen molar-refractivity contribution < 1.29 is 44.7 Å². The van der Waals surface area contributed by atoms with E-state index in [4.69, 9.17) is 5.11 Å². The fraction of sp³-hybridized carbons (Fsp3) is 0.417. The maximum Gasteiger partial charge on any atom is 0.417 e. The van der Waals surface area contributed by atoms with Crippen molar-refractivity contribution in [3.8, 4) is 0 Å². The zero-order valence-electron chi connectivity index (χ0n) is 11.9. The van der Waals surface area contributed by atoms with Gasteiger partial charge in [0.2, 0.25) is 10.0 Å². The molecule has 0 radical (unpaired) electrons. The summed E-state index contributed by atoms with van der Waals surface area (Å²) < 4.78 is 100. The van der Waals surface area contributed by atoms with E-state index < -0.39 is 57.3 Å². The number of likely N-dealkylation sites (N-methyl/N-ethyl adjacent to an activating group) is 1. The summed E-state index contributed by atoms with van der Waals surface area (Å²) in [5.74, 6) is -2.57. The predicted octanol–water partition coefficient (Wildman–Crippen LogP) is 2.57. The summed E-state index contributed by atoms with van der Waals surface area (Å²) >= 11 is 0. The summed E-state index contributed by atoms with van der Waals surface area (Å²) in [6, 6.07) is 0.837. The number of rotatable bonds is 5. The molecule has 0 amide bonds. The molecule has 5 nitrogen and oxygen atoms in total. The summed E-state index contributed by atoms with van der Waals surface area (Å²) in [6.45, 7) is -0.935. The Morgan fingerprint density at radius 1 is 1.08 bits per heavy atom. The van der Waals surface area contributed by atoms with Crippen molar-refractivity contribution in [2.45, 2.75) is 18.1 Å². The Morgan fingerprint density at radius 3 is 2.00 bits per heavy atom. The van der Waals surface area contributed by atoms with Crippen LogP contribution in [0, 0.1) is 0 Å². The van der Waals surface area contributed by atoms with Gasteiger partial charge in [0.05, 0.1) is 16.9 Å². The van der Waals surface area contributed by atoms with E-state index in [-0.39, 0.29) is 12.1 Å². The van der Waals surface area contributed by atoms with Gasteiger partial charge >= 0.3 is 18.3 Å². The Balaban J connectivity index is 3.26. The Morgan fingerprint density at radius 2 is 1.58 bits per heavy atom. The Labute approximate surface area is 132 Å². The normalized spacial score (nSPS) is 13.3. The van der Waals surface area contributed by atoms with E-state index in [9.17, 15) is 39.6 Å². The quantitative estimate of drug-likeness (QED) is 0.798. The SMILES string of the molecule is CN(CC(=O)O)S(=O)(=O)Cc1ccc(C(F)(F)F)c(C(F)(F)F)c1. The smallest absolute Gasteiger partial charge is 0.417 e. The average molecular weight is 379 g/mol. The molecule has 0 atom stereocenters. The van der Waals surface area contributed by atoms with E-state index in [0.717, 1.165) is 7.05 Å². The molecule has 1 N–H and O–H groups in total. The molecule has 1 aromatic carbocycles. The topological polar surface area (TPSA) is 74.7 Å². The molecule has 0 saturated carbocycles. The largest absolute Gasteiger partial charge is 0.480 e. The van der Waals surface area contributed by atoms with Crippen molar-refractivity contribution in [1.82, 2.24) is 4.31 Å². The standard InChI is InChI=1S/C12H11F6NO4S/c1-19(5-10(20)21)24(22,23)6-7-2-3-8(11(13,14)15)9(4-7)12(16,17)18/h2-4H,5-6H2,1H3,(H,20,21). The molecule has 0 aromatic heterocycles. The minimum absolute atomic E-state index is 0.0922. The number of carboxylic acid groups (broad SMARTS) is 1. The van der Waals surface area contributed by atoms with Crippen molar-refractivity contribution in [1.29, 1.82) is 0 Å². The van der Waals surface area contributed by atoms with Crippen molar-refractivity contribution in [3.05, 3.63) is 34.9 Å². The lowest BCUT2D eigenvalue weighted by Gasteiger charge is -2.18. The number of aliphatic carboxylic acids is 1. The van der Waals surface area contributed by atoms with Crippen LogP contribution in [0.4, 0.5) is 26.3 Å². The number of carboxylic acids is 1. The number of benzene rings is 1. The molecule has 24 heavy (non-hydrogen) atoms. The van der Waals surface area contributed by atoms with Crippen LogP contribution in [0.3, 0.4) is 0 Å².